The molecule has 1 heterocycles. The first-order chi connectivity index (χ1) is 12.2. The van der Waals surface area contributed by atoms with E-state index in [4.69, 9.17) is 21.1 Å². The third-order valence-electron chi connectivity index (χ3n) is 3.99. The normalized spacial score (nSPS) is 17.1. The van der Waals surface area contributed by atoms with Gasteiger partial charge in [-0.15, -0.1) is 0 Å². The van der Waals surface area contributed by atoms with Crippen LogP contribution in [0.25, 0.3) is 0 Å². The SMILES string of the molecule is CCOC(=O)/C=C/CC1c2ccc(Cl)cc2CCN1C(=O)OC(C)(C)C. The zero-order valence-electron chi connectivity index (χ0n) is 15.8. The Bertz CT molecular complexity index is 694. The van der Waals surface area contributed by atoms with E-state index in [1.165, 1.54) is 6.08 Å². The fourth-order valence-corrected chi connectivity index (χ4v) is 3.15. The molecule has 1 atom stereocenters. The predicted molar refractivity (Wildman–Crippen MR) is 101 cm³/mol. The molecule has 1 aliphatic heterocycles. The first-order valence-corrected chi connectivity index (χ1v) is 9.20. The Morgan fingerprint density at radius 3 is 2.73 bits per heavy atom. The van der Waals surface area contributed by atoms with E-state index >= 15 is 0 Å². The molecule has 26 heavy (non-hydrogen) atoms. The van der Waals surface area contributed by atoms with Gasteiger partial charge in [0, 0.05) is 17.6 Å². The molecule has 1 aromatic rings. The summed E-state index contributed by atoms with van der Waals surface area (Å²) in [7, 11) is 0. The highest BCUT2D eigenvalue weighted by molar-refractivity contribution is 6.30. The van der Waals surface area contributed by atoms with Crippen LogP contribution >= 0.6 is 11.6 Å². The standard InChI is InChI=1S/C20H26ClNO4/c1-5-25-18(23)8-6-7-17-16-10-9-15(21)13-14(16)11-12-22(17)19(24)26-20(2,3)4/h6,8-10,13,17H,5,7,11-12H2,1-4H3/b8-6+. The van der Waals surface area contributed by atoms with Gasteiger partial charge in [-0.3, -0.25) is 0 Å². The molecule has 0 aliphatic carbocycles. The molecule has 0 bridgehead atoms. The quantitative estimate of drug-likeness (QED) is 0.562. The van der Waals surface area contributed by atoms with Gasteiger partial charge >= 0.3 is 12.1 Å². The molecule has 0 saturated carbocycles. The fraction of sp³-hybridized carbons (Fsp3) is 0.500. The predicted octanol–water partition coefficient (Wildman–Crippen LogP) is 4.68. The molecule has 0 N–H and O–H groups in total. The van der Waals surface area contributed by atoms with Crippen LogP contribution in [0, 0.1) is 0 Å². The fourth-order valence-electron chi connectivity index (χ4n) is 2.96. The highest BCUT2D eigenvalue weighted by Gasteiger charge is 2.33. The van der Waals surface area contributed by atoms with E-state index < -0.39 is 5.60 Å². The Morgan fingerprint density at radius 2 is 2.08 bits per heavy atom. The molecule has 0 spiro atoms. The molecule has 0 aromatic heterocycles. The van der Waals surface area contributed by atoms with Crippen molar-refractivity contribution in [2.75, 3.05) is 13.2 Å². The summed E-state index contributed by atoms with van der Waals surface area (Å²) in [6, 6.07) is 5.49. The lowest BCUT2D eigenvalue weighted by Crippen LogP contribution is -2.43. The third kappa shape index (κ3) is 5.49. The molecular formula is C20H26ClNO4. The molecule has 0 radical (unpaired) electrons. The van der Waals surface area contributed by atoms with E-state index in [1.54, 1.807) is 17.9 Å². The summed E-state index contributed by atoms with van der Waals surface area (Å²) in [5, 5.41) is 0.676. The summed E-state index contributed by atoms with van der Waals surface area (Å²) in [5.74, 6) is -0.386. The molecule has 0 fully saturated rings. The van der Waals surface area contributed by atoms with Crippen molar-refractivity contribution in [3.63, 3.8) is 0 Å². The molecule has 1 aromatic carbocycles. The average Bonchev–Trinajstić information content (AvgIpc) is 2.53. The summed E-state index contributed by atoms with van der Waals surface area (Å²) in [5.41, 5.74) is 1.58. The zero-order valence-corrected chi connectivity index (χ0v) is 16.5. The van der Waals surface area contributed by atoms with Gasteiger partial charge in [0.05, 0.1) is 12.6 Å². The highest BCUT2D eigenvalue weighted by atomic mass is 35.5. The van der Waals surface area contributed by atoms with E-state index in [0.29, 0.717) is 31.0 Å². The lowest BCUT2D eigenvalue weighted by atomic mass is 9.91. The van der Waals surface area contributed by atoms with Gasteiger partial charge in [-0.05, 0) is 63.8 Å². The minimum Gasteiger partial charge on any atom is -0.463 e. The van der Waals surface area contributed by atoms with E-state index in [-0.39, 0.29) is 18.1 Å². The van der Waals surface area contributed by atoms with Gasteiger partial charge in [0.2, 0.25) is 0 Å². The molecule has 1 amide bonds. The smallest absolute Gasteiger partial charge is 0.410 e. The number of halogens is 1. The molecule has 0 saturated heterocycles. The number of nitrogens with zero attached hydrogens (tertiary/aromatic N) is 1. The van der Waals surface area contributed by atoms with Crippen molar-refractivity contribution in [2.45, 2.75) is 52.2 Å². The van der Waals surface area contributed by atoms with Gasteiger partial charge in [0.15, 0.2) is 0 Å². The highest BCUT2D eigenvalue weighted by Crippen LogP contribution is 2.35. The number of hydrogen-bond acceptors (Lipinski definition) is 4. The second kappa shape index (κ2) is 8.58. The number of fused-ring (bicyclic) bond motifs is 1. The van der Waals surface area contributed by atoms with Crippen LogP contribution in [0.5, 0.6) is 0 Å². The third-order valence-corrected chi connectivity index (χ3v) is 4.23. The van der Waals surface area contributed by atoms with Crippen molar-refractivity contribution in [1.29, 1.82) is 0 Å². The largest absolute Gasteiger partial charge is 0.463 e. The van der Waals surface area contributed by atoms with Crippen molar-refractivity contribution >= 4 is 23.7 Å². The molecule has 5 nitrogen and oxygen atoms in total. The number of esters is 1. The molecule has 6 heteroatoms. The maximum absolute atomic E-state index is 12.7. The van der Waals surface area contributed by atoms with Gasteiger partial charge in [-0.1, -0.05) is 23.7 Å². The molecular weight excluding hydrogens is 354 g/mol. The Kier molecular flexibility index (Phi) is 6.70. The Hall–Kier alpha value is -2.01. The number of hydrogen-bond donors (Lipinski definition) is 0. The summed E-state index contributed by atoms with van der Waals surface area (Å²) >= 11 is 6.11. The van der Waals surface area contributed by atoms with Crippen molar-refractivity contribution < 1.29 is 19.1 Å². The Morgan fingerprint density at radius 1 is 1.35 bits per heavy atom. The Balaban J connectivity index is 2.25. The van der Waals surface area contributed by atoms with E-state index in [0.717, 1.165) is 11.1 Å². The van der Waals surface area contributed by atoms with Crippen molar-refractivity contribution in [3.05, 3.63) is 46.5 Å². The topological polar surface area (TPSA) is 55.8 Å². The van der Waals surface area contributed by atoms with E-state index in [2.05, 4.69) is 0 Å². The van der Waals surface area contributed by atoms with Crippen LogP contribution in [0.2, 0.25) is 5.02 Å². The van der Waals surface area contributed by atoms with E-state index in [1.807, 2.05) is 39.0 Å². The van der Waals surface area contributed by atoms with Crippen LogP contribution in [0.3, 0.4) is 0 Å². The van der Waals surface area contributed by atoms with Crippen LogP contribution in [-0.2, 0) is 20.7 Å². The monoisotopic (exact) mass is 379 g/mol. The molecule has 1 unspecified atom stereocenters. The number of carbonyl (C=O) groups is 2. The van der Waals surface area contributed by atoms with Crippen LogP contribution in [0.15, 0.2) is 30.4 Å². The number of ether oxygens (including phenoxy) is 2. The summed E-state index contributed by atoms with van der Waals surface area (Å²) in [6.07, 6.45) is 4.00. The van der Waals surface area contributed by atoms with Gasteiger partial charge in [0.1, 0.15) is 5.60 Å². The lowest BCUT2D eigenvalue weighted by molar-refractivity contribution is -0.137. The van der Waals surface area contributed by atoms with Gasteiger partial charge in [0.25, 0.3) is 0 Å². The minimum atomic E-state index is -0.567. The maximum atomic E-state index is 12.7. The first kappa shape index (κ1) is 20.3. The Labute approximate surface area is 159 Å². The summed E-state index contributed by atoms with van der Waals surface area (Å²) < 4.78 is 10.5. The lowest BCUT2D eigenvalue weighted by Gasteiger charge is -2.37. The van der Waals surface area contributed by atoms with Crippen LogP contribution < -0.4 is 0 Å². The zero-order chi connectivity index (χ0) is 19.3. The number of benzene rings is 1. The summed E-state index contributed by atoms with van der Waals surface area (Å²) in [6.45, 7) is 8.17. The van der Waals surface area contributed by atoms with Gasteiger partial charge in [-0.25, -0.2) is 9.59 Å². The van der Waals surface area contributed by atoms with Gasteiger partial charge < -0.3 is 14.4 Å². The van der Waals surface area contributed by atoms with Crippen molar-refractivity contribution in [1.82, 2.24) is 4.90 Å². The number of carbonyl (C=O) groups excluding carboxylic acids is 2. The summed E-state index contributed by atoms with van der Waals surface area (Å²) in [4.78, 5) is 25.9. The number of rotatable bonds is 4. The molecule has 2 rings (SSSR count). The second-order valence-corrected chi connectivity index (χ2v) is 7.61. The van der Waals surface area contributed by atoms with E-state index in [9.17, 15) is 9.59 Å². The van der Waals surface area contributed by atoms with Crippen molar-refractivity contribution in [3.8, 4) is 0 Å². The van der Waals surface area contributed by atoms with Crippen LogP contribution in [0.1, 0.15) is 51.3 Å². The van der Waals surface area contributed by atoms with Gasteiger partial charge in [-0.2, -0.15) is 0 Å². The average molecular weight is 380 g/mol. The maximum Gasteiger partial charge on any atom is 0.410 e. The molecule has 142 valence electrons. The first-order valence-electron chi connectivity index (χ1n) is 8.82. The number of amides is 1. The van der Waals surface area contributed by atoms with Crippen LogP contribution in [0.4, 0.5) is 4.79 Å². The minimum absolute atomic E-state index is 0.212. The van der Waals surface area contributed by atoms with Crippen molar-refractivity contribution in [2.24, 2.45) is 0 Å². The molecule has 1 aliphatic rings. The second-order valence-electron chi connectivity index (χ2n) is 7.17. The van der Waals surface area contributed by atoms with Crippen LogP contribution in [-0.4, -0.2) is 35.7 Å².